The molecule has 13 heavy (non-hydrogen) atoms. The van der Waals surface area contributed by atoms with Crippen molar-refractivity contribution < 1.29 is 8.42 Å². The fourth-order valence-corrected chi connectivity index (χ4v) is 1.43. The van der Waals surface area contributed by atoms with Crippen LogP contribution in [0.3, 0.4) is 0 Å². The van der Waals surface area contributed by atoms with Crippen molar-refractivity contribution >= 4 is 22.4 Å². The van der Waals surface area contributed by atoms with Crippen molar-refractivity contribution in [1.29, 1.82) is 0 Å². The summed E-state index contributed by atoms with van der Waals surface area (Å²) in [7, 11) is -3.32. The first-order valence-corrected chi connectivity index (χ1v) is 5.34. The lowest BCUT2D eigenvalue weighted by atomic mass is 10.2. The zero-order valence-corrected chi connectivity index (χ0v) is 8.64. The van der Waals surface area contributed by atoms with Crippen LogP contribution in [0.4, 0.5) is 0 Å². The molecule has 0 unspecified atom stereocenters. The van der Waals surface area contributed by atoms with Crippen LogP contribution in [-0.2, 0) is 16.4 Å². The van der Waals surface area contributed by atoms with Gasteiger partial charge in [-0.15, -0.1) is 12.4 Å². The van der Waals surface area contributed by atoms with Crippen molar-refractivity contribution in [3.8, 4) is 0 Å². The van der Waals surface area contributed by atoms with E-state index in [0.717, 1.165) is 5.56 Å². The Morgan fingerprint density at radius 2 is 1.69 bits per heavy atom. The third kappa shape index (κ3) is 5.63. The van der Waals surface area contributed by atoms with Crippen molar-refractivity contribution in [1.82, 2.24) is 0 Å². The topological polar surface area (TPSA) is 60.2 Å². The van der Waals surface area contributed by atoms with E-state index in [9.17, 15) is 8.42 Å². The van der Waals surface area contributed by atoms with E-state index in [1.165, 1.54) is 0 Å². The summed E-state index contributed by atoms with van der Waals surface area (Å²) in [5, 5.41) is 4.86. The molecule has 0 spiro atoms. The molecule has 1 rings (SSSR count). The van der Waals surface area contributed by atoms with E-state index in [4.69, 9.17) is 5.14 Å². The molecule has 0 fully saturated rings. The highest BCUT2D eigenvalue weighted by atomic mass is 35.5. The van der Waals surface area contributed by atoms with Crippen molar-refractivity contribution in [2.75, 3.05) is 5.75 Å². The lowest BCUT2D eigenvalue weighted by Gasteiger charge is -1.98. The van der Waals surface area contributed by atoms with Gasteiger partial charge in [-0.1, -0.05) is 30.3 Å². The molecule has 0 radical (unpaired) electrons. The summed E-state index contributed by atoms with van der Waals surface area (Å²) in [4.78, 5) is 0. The summed E-state index contributed by atoms with van der Waals surface area (Å²) >= 11 is 0. The summed E-state index contributed by atoms with van der Waals surface area (Å²) in [6.07, 6.45) is 0.486. The Kier molecular flexibility index (Phi) is 4.98. The van der Waals surface area contributed by atoms with E-state index in [-0.39, 0.29) is 18.2 Å². The van der Waals surface area contributed by atoms with E-state index in [1.54, 1.807) is 0 Å². The Morgan fingerprint density at radius 1 is 1.15 bits per heavy atom. The molecular formula is C8H12ClNO2S. The number of nitrogens with two attached hydrogens (primary N) is 1. The zero-order chi connectivity index (χ0) is 9.03. The van der Waals surface area contributed by atoms with E-state index in [0.29, 0.717) is 6.42 Å². The zero-order valence-electron chi connectivity index (χ0n) is 7.01. The highest BCUT2D eigenvalue weighted by Crippen LogP contribution is 1.99. The van der Waals surface area contributed by atoms with Crippen LogP contribution >= 0.6 is 12.4 Å². The first-order valence-electron chi connectivity index (χ1n) is 3.62. The van der Waals surface area contributed by atoms with Crippen LogP contribution in [0.25, 0.3) is 0 Å². The summed E-state index contributed by atoms with van der Waals surface area (Å²) in [5.41, 5.74) is 0.992. The fourth-order valence-electron chi connectivity index (χ4n) is 0.905. The molecule has 0 atom stereocenters. The molecule has 0 aliphatic heterocycles. The number of hydrogen-bond acceptors (Lipinski definition) is 2. The minimum absolute atomic E-state index is 0. The Balaban J connectivity index is 0.00000144. The van der Waals surface area contributed by atoms with Gasteiger partial charge in [0.2, 0.25) is 10.0 Å². The predicted molar refractivity (Wildman–Crippen MR) is 55.4 cm³/mol. The number of sulfonamides is 1. The van der Waals surface area contributed by atoms with Crippen LogP contribution in [-0.4, -0.2) is 14.2 Å². The van der Waals surface area contributed by atoms with Crippen LogP contribution in [0.15, 0.2) is 30.3 Å². The molecule has 1 aromatic carbocycles. The number of rotatable bonds is 3. The third-order valence-corrected chi connectivity index (χ3v) is 2.29. The molecule has 0 aromatic heterocycles. The maximum absolute atomic E-state index is 10.6. The van der Waals surface area contributed by atoms with Gasteiger partial charge in [0.15, 0.2) is 0 Å². The molecule has 2 N–H and O–H groups in total. The van der Waals surface area contributed by atoms with Gasteiger partial charge in [-0.3, -0.25) is 0 Å². The van der Waals surface area contributed by atoms with Gasteiger partial charge in [0.1, 0.15) is 0 Å². The molecule has 0 bridgehead atoms. The van der Waals surface area contributed by atoms with E-state index < -0.39 is 10.0 Å². The average molecular weight is 222 g/mol. The van der Waals surface area contributed by atoms with Gasteiger partial charge in [-0.25, -0.2) is 13.6 Å². The monoisotopic (exact) mass is 221 g/mol. The minimum atomic E-state index is -3.32. The smallest absolute Gasteiger partial charge is 0.209 e. The van der Waals surface area contributed by atoms with Crippen LogP contribution < -0.4 is 5.14 Å². The molecule has 0 amide bonds. The Hall–Kier alpha value is -0.580. The van der Waals surface area contributed by atoms with E-state index in [1.807, 2.05) is 30.3 Å². The highest BCUT2D eigenvalue weighted by molar-refractivity contribution is 7.89. The normalized spacial score (nSPS) is 10.5. The third-order valence-electron chi connectivity index (χ3n) is 1.52. The SMILES string of the molecule is Cl.NS(=O)(=O)CCc1ccccc1. The summed E-state index contributed by atoms with van der Waals surface area (Å²) < 4.78 is 21.2. The Labute approximate surface area is 84.4 Å². The van der Waals surface area contributed by atoms with Crippen molar-refractivity contribution in [2.24, 2.45) is 5.14 Å². The first kappa shape index (κ1) is 12.4. The van der Waals surface area contributed by atoms with E-state index in [2.05, 4.69) is 0 Å². The summed E-state index contributed by atoms with van der Waals surface area (Å²) in [6.45, 7) is 0. The molecule has 5 heteroatoms. The highest BCUT2D eigenvalue weighted by Gasteiger charge is 2.01. The molecule has 0 aliphatic carbocycles. The number of hydrogen-bond donors (Lipinski definition) is 1. The number of benzene rings is 1. The van der Waals surface area contributed by atoms with Crippen LogP contribution in [0.1, 0.15) is 5.56 Å². The van der Waals surface area contributed by atoms with Gasteiger partial charge in [0, 0.05) is 0 Å². The fraction of sp³-hybridized carbons (Fsp3) is 0.250. The Bertz CT molecular complexity index is 336. The van der Waals surface area contributed by atoms with Gasteiger partial charge in [0.05, 0.1) is 5.75 Å². The van der Waals surface area contributed by atoms with Crippen molar-refractivity contribution in [3.05, 3.63) is 35.9 Å². The van der Waals surface area contributed by atoms with Gasteiger partial charge < -0.3 is 0 Å². The van der Waals surface area contributed by atoms with Crippen molar-refractivity contribution in [3.63, 3.8) is 0 Å². The predicted octanol–water partition coefficient (Wildman–Crippen LogP) is 0.939. The standard InChI is InChI=1S/C8H11NO2S.ClH/c9-12(10,11)7-6-8-4-2-1-3-5-8;/h1-5H,6-7H2,(H2,9,10,11);1H. The lowest BCUT2D eigenvalue weighted by Crippen LogP contribution is -2.17. The molecule has 1 aromatic rings. The first-order chi connectivity index (χ1) is 5.58. The maximum atomic E-state index is 10.6. The lowest BCUT2D eigenvalue weighted by molar-refractivity contribution is 0.597. The maximum Gasteiger partial charge on any atom is 0.209 e. The second-order valence-electron chi connectivity index (χ2n) is 2.60. The van der Waals surface area contributed by atoms with Crippen LogP contribution in [0.2, 0.25) is 0 Å². The van der Waals surface area contributed by atoms with Crippen LogP contribution in [0, 0.1) is 0 Å². The molecule has 0 heterocycles. The molecule has 0 saturated heterocycles. The second-order valence-corrected chi connectivity index (χ2v) is 4.34. The van der Waals surface area contributed by atoms with Crippen molar-refractivity contribution in [2.45, 2.75) is 6.42 Å². The summed E-state index contributed by atoms with van der Waals surface area (Å²) in [6, 6.07) is 9.40. The van der Waals surface area contributed by atoms with Gasteiger partial charge in [-0.2, -0.15) is 0 Å². The molecular weight excluding hydrogens is 210 g/mol. The van der Waals surface area contributed by atoms with Gasteiger partial charge in [-0.05, 0) is 12.0 Å². The number of halogens is 1. The number of primary sulfonamides is 1. The summed E-state index contributed by atoms with van der Waals surface area (Å²) in [5.74, 6) is 0.0109. The van der Waals surface area contributed by atoms with E-state index >= 15 is 0 Å². The minimum Gasteiger partial charge on any atom is -0.229 e. The van der Waals surface area contributed by atoms with Gasteiger partial charge in [0.25, 0.3) is 0 Å². The largest absolute Gasteiger partial charge is 0.229 e. The molecule has 0 aliphatic rings. The average Bonchev–Trinajstić information content (AvgIpc) is 2.02. The molecule has 74 valence electrons. The number of aryl methyl sites for hydroxylation is 1. The second kappa shape index (κ2) is 5.21. The van der Waals surface area contributed by atoms with Crippen LogP contribution in [0.5, 0.6) is 0 Å². The quantitative estimate of drug-likeness (QED) is 0.826. The molecule has 0 saturated carbocycles. The van der Waals surface area contributed by atoms with Gasteiger partial charge >= 0.3 is 0 Å². The Morgan fingerprint density at radius 3 is 2.15 bits per heavy atom. The molecule has 3 nitrogen and oxygen atoms in total.